The van der Waals surface area contributed by atoms with E-state index in [0.717, 1.165) is 18.1 Å². The number of aromatic nitrogens is 1. The van der Waals surface area contributed by atoms with E-state index < -0.39 is 35.1 Å². The molecule has 1 aromatic heterocycles. The van der Waals surface area contributed by atoms with E-state index in [1.165, 1.54) is 23.2 Å². The standard InChI is InChI=1S/C30H34FN3O6/c1-29(2,3)40-28(38)34(4)30(13-8-14-30)27(37)33-21(15-19-9-6-5-7-10-19)18-39-24-17-32-23-12-11-20(31)16-22(23)25(24)26(35)36/h5-7,9-12,16-17,21H,8,13-15,18H2,1-4H3,(H,33,37)(H,35,36)/t21-/m1/s1. The van der Waals surface area contributed by atoms with Gasteiger partial charge in [-0.3, -0.25) is 14.7 Å². The van der Waals surface area contributed by atoms with Crippen LogP contribution in [0, 0.1) is 5.82 Å². The number of carbonyl (C=O) groups excluding carboxylic acids is 2. The summed E-state index contributed by atoms with van der Waals surface area (Å²) in [5.41, 5.74) is -0.746. The number of aromatic carboxylic acids is 1. The summed E-state index contributed by atoms with van der Waals surface area (Å²) >= 11 is 0. The van der Waals surface area contributed by atoms with Crippen molar-refractivity contribution in [3.05, 3.63) is 71.7 Å². The summed E-state index contributed by atoms with van der Waals surface area (Å²) in [6, 6.07) is 12.6. The molecule has 1 aliphatic carbocycles. The van der Waals surface area contributed by atoms with Crippen LogP contribution in [0.5, 0.6) is 5.75 Å². The number of likely N-dealkylation sites (N-methyl/N-ethyl adjacent to an activating group) is 1. The van der Waals surface area contributed by atoms with E-state index in [2.05, 4.69) is 10.3 Å². The van der Waals surface area contributed by atoms with Crippen molar-refractivity contribution in [2.75, 3.05) is 13.7 Å². The number of carboxylic acids is 1. The molecule has 4 rings (SSSR count). The second-order valence-corrected chi connectivity index (χ2v) is 11.1. The highest BCUT2D eigenvalue weighted by atomic mass is 19.1. The minimum absolute atomic E-state index is 0.0397. The Kier molecular flexibility index (Phi) is 8.27. The Morgan fingerprint density at radius 2 is 1.85 bits per heavy atom. The molecular formula is C30H34FN3O6. The summed E-state index contributed by atoms with van der Waals surface area (Å²) in [6.45, 7) is 5.21. The SMILES string of the molecule is CN(C(=O)OC(C)(C)C)C1(C(=O)N[C@@H](COc2cnc3ccc(F)cc3c2C(=O)O)Cc2ccccc2)CCC1. The van der Waals surface area contributed by atoms with Gasteiger partial charge in [0.15, 0.2) is 5.75 Å². The molecular weight excluding hydrogens is 517 g/mol. The number of hydrogen-bond acceptors (Lipinski definition) is 6. The Balaban J connectivity index is 1.58. The second-order valence-electron chi connectivity index (χ2n) is 11.1. The summed E-state index contributed by atoms with van der Waals surface area (Å²) in [5.74, 6) is -2.26. The molecule has 1 saturated carbocycles. The molecule has 0 saturated heterocycles. The van der Waals surface area contributed by atoms with Crippen LogP contribution in [0.2, 0.25) is 0 Å². The normalized spacial score (nSPS) is 15.0. The number of benzene rings is 2. The van der Waals surface area contributed by atoms with E-state index >= 15 is 0 Å². The van der Waals surface area contributed by atoms with Gasteiger partial charge in [0.2, 0.25) is 5.91 Å². The van der Waals surface area contributed by atoms with E-state index in [9.17, 15) is 23.9 Å². The lowest BCUT2D eigenvalue weighted by Gasteiger charge is -2.47. The number of halogens is 1. The minimum Gasteiger partial charge on any atom is -0.489 e. The molecule has 9 nitrogen and oxygen atoms in total. The van der Waals surface area contributed by atoms with Gasteiger partial charge >= 0.3 is 12.1 Å². The zero-order chi connectivity index (χ0) is 29.1. The van der Waals surface area contributed by atoms with Crippen molar-refractivity contribution < 1.29 is 33.4 Å². The monoisotopic (exact) mass is 551 g/mol. The average molecular weight is 552 g/mol. The summed E-state index contributed by atoms with van der Waals surface area (Å²) in [6.07, 6.45) is 2.83. The number of amides is 2. The molecule has 1 atom stereocenters. The van der Waals surface area contributed by atoms with E-state index in [1.54, 1.807) is 27.8 Å². The zero-order valence-electron chi connectivity index (χ0n) is 23.1. The zero-order valence-corrected chi connectivity index (χ0v) is 23.1. The van der Waals surface area contributed by atoms with Crippen LogP contribution in [-0.2, 0) is 16.0 Å². The molecule has 212 valence electrons. The molecule has 10 heteroatoms. The first-order valence-electron chi connectivity index (χ1n) is 13.2. The van der Waals surface area contributed by atoms with Crippen LogP contribution in [0.4, 0.5) is 9.18 Å². The van der Waals surface area contributed by atoms with E-state index in [4.69, 9.17) is 9.47 Å². The average Bonchev–Trinajstić information content (AvgIpc) is 2.85. The Bertz CT molecular complexity index is 1400. The Hall–Kier alpha value is -4.21. The fourth-order valence-electron chi connectivity index (χ4n) is 4.77. The van der Waals surface area contributed by atoms with Gasteiger partial charge in [-0.1, -0.05) is 30.3 Å². The van der Waals surface area contributed by atoms with Gasteiger partial charge in [0.05, 0.1) is 17.8 Å². The van der Waals surface area contributed by atoms with Crippen LogP contribution in [0.15, 0.2) is 54.7 Å². The Labute approximate surface area is 232 Å². The van der Waals surface area contributed by atoms with E-state index in [-0.39, 0.29) is 29.2 Å². The van der Waals surface area contributed by atoms with Gasteiger partial charge in [-0.25, -0.2) is 14.0 Å². The third-order valence-corrected chi connectivity index (χ3v) is 7.02. The molecule has 2 aromatic carbocycles. The van der Waals surface area contributed by atoms with Gasteiger partial charge < -0.3 is 19.9 Å². The summed E-state index contributed by atoms with van der Waals surface area (Å²) < 4.78 is 25.4. The van der Waals surface area contributed by atoms with Crippen LogP contribution in [0.1, 0.15) is 56.0 Å². The highest BCUT2D eigenvalue weighted by Gasteiger charge is 2.51. The Morgan fingerprint density at radius 3 is 2.45 bits per heavy atom. The molecule has 0 spiro atoms. The molecule has 0 radical (unpaired) electrons. The fraction of sp³-hybridized carbons (Fsp3) is 0.400. The first kappa shape index (κ1) is 28.8. The molecule has 2 amide bonds. The largest absolute Gasteiger partial charge is 0.489 e. The first-order valence-corrected chi connectivity index (χ1v) is 13.2. The van der Waals surface area contributed by atoms with Crippen LogP contribution in [-0.4, -0.2) is 63.8 Å². The van der Waals surface area contributed by atoms with Crippen molar-refractivity contribution in [1.82, 2.24) is 15.2 Å². The van der Waals surface area contributed by atoms with Crippen molar-refractivity contribution in [3.63, 3.8) is 0 Å². The van der Waals surface area contributed by atoms with Crippen molar-refractivity contribution in [3.8, 4) is 5.75 Å². The molecule has 40 heavy (non-hydrogen) atoms. The van der Waals surface area contributed by atoms with Gasteiger partial charge in [-0.2, -0.15) is 0 Å². The van der Waals surface area contributed by atoms with Crippen LogP contribution in [0.25, 0.3) is 10.9 Å². The first-order chi connectivity index (χ1) is 18.9. The van der Waals surface area contributed by atoms with Crippen molar-refractivity contribution in [2.45, 2.75) is 63.6 Å². The molecule has 1 heterocycles. The maximum Gasteiger partial charge on any atom is 0.410 e. The lowest BCUT2D eigenvalue weighted by Crippen LogP contribution is -2.65. The number of nitrogens with zero attached hydrogens (tertiary/aromatic N) is 2. The number of rotatable bonds is 9. The highest BCUT2D eigenvalue weighted by Crippen LogP contribution is 2.38. The van der Waals surface area contributed by atoms with Gasteiger partial charge in [0.1, 0.15) is 29.1 Å². The number of nitrogens with one attached hydrogen (secondary N) is 1. The highest BCUT2D eigenvalue weighted by molar-refractivity contribution is 6.04. The van der Waals surface area contributed by atoms with Crippen LogP contribution in [0.3, 0.4) is 0 Å². The van der Waals surface area contributed by atoms with Gasteiger partial charge in [-0.05, 0) is 70.2 Å². The van der Waals surface area contributed by atoms with Gasteiger partial charge in [0, 0.05) is 12.4 Å². The maximum absolute atomic E-state index is 13.9. The Morgan fingerprint density at radius 1 is 1.15 bits per heavy atom. The van der Waals surface area contributed by atoms with E-state index in [0.29, 0.717) is 24.8 Å². The summed E-state index contributed by atoms with van der Waals surface area (Å²) in [5, 5.41) is 13.0. The van der Waals surface area contributed by atoms with E-state index in [1.807, 2.05) is 30.3 Å². The van der Waals surface area contributed by atoms with Gasteiger partial charge in [0.25, 0.3) is 0 Å². The number of pyridine rings is 1. The molecule has 2 N–H and O–H groups in total. The second kappa shape index (κ2) is 11.5. The molecule has 0 unspecified atom stereocenters. The molecule has 1 fully saturated rings. The smallest absolute Gasteiger partial charge is 0.410 e. The lowest BCUT2D eigenvalue weighted by molar-refractivity contribution is -0.139. The van der Waals surface area contributed by atoms with Crippen LogP contribution < -0.4 is 10.1 Å². The minimum atomic E-state index is -1.29. The van der Waals surface area contributed by atoms with Crippen LogP contribution >= 0.6 is 0 Å². The number of carbonyl (C=O) groups is 3. The maximum atomic E-state index is 13.9. The third kappa shape index (κ3) is 6.32. The predicted molar refractivity (Wildman–Crippen MR) is 147 cm³/mol. The van der Waals surface area contributed by atoms with Crippen molar-refractivity contribution in [2.24, 2.45) is 0 Å². The number of carboxylic acid groups (broad SMARTS) is 1. The molecule has 1 aliphatic rings. The van der Waals surface area contributed by atoms with Crippen molar-refractivity contribution >= 4 is 28.9 Å². The summed E-state index contributed by atoms with van der Waals surface area (Å²) in [7, 11) is 1.56. The van der Waals surface area contributed by atoms with Crippen molar-refractivity contribution in [1.29, 1.82) is 0 Å². The molecule has 3 aromatic rings. The topological polar surface area (TPSA) is 118 Å². The number of fused-ring (bicyclic) bond motifs is 1. The quantitative estimate of drug-likeness (QED) is 0.386. The lowest BCUT2D eigenvalue weighted by atomic mass is 9.74. The molecule has 0 aliphatic heterocycles. The number of ether oxygens (including phenoxy) is 2. The summed E-state index contributed by atoms with van der Waals surface area (Å²) in [4.78, 5) is 44.2. The fourth-order valence-corrected chi connectivity index (χ4v) is 4.77. The van der Waals surface area contributed by atoms with Gasteiger partial charge in [-0.15, -0.1) is 0 Å². The number of hydrogen-bond donors (Lipinski definition) is 2. The third-order valence-electron chi connectivity index (χ3n) is 7.02. The predicted octanol–water partition coefficient (Wildman–Crippen LogP) is 4.97. The molecule has 0 bridgehead atoms.